The first kappa shape index (κ1) is 14.6. The van der Waals surface area contributed by atoms with E-state index in [9.17, 15) is 14.0 Å². The van der Waals surface area contributed by atoms with Gasteiger partial charge in [0.1, 0.15) is 5.82 Å². The molecule has 0 saturated carbocycles. The van der Waals surface area contributed by atoms with Gasteiger partial charge >= 0.3 is 12.0 Å². The average molecular weight is 298 g/mol. The number of carbonyl (C=O) groups is 2. The molecule has 7 heteroatoms. The highest BCUT2D eigenvalue weighted by atomic mass is 32.2. The Balaban J connectivity index is 1.98. The van der Waals surface area contributed by atoms with Crippen LogP contribution in [-0.2, 0) is 0 Å². The highest BCUT2D eigenvalue weighted by Gasteiger charge is 2.19. The van der Waals surface area contributed by atoms with Gasteiger partial charge in [0, 0.05) is 6.54 Å². The van der Waals surface area contributed by atoms with E-state index in [1.807, 2.05) is 11.8 Å². The topological polar surface area (TPSA) is 78.4 Å². The number of carboxylic acid groups (broad SMARTS) is 1. The van der Waals surface area contributed by atoms with E-state index in [0.717, 1.165) is 24.0 Å². The van der Waals surface area contributed by atoms with Gasteiger partial charge in [0.2, 0.25) is 0 Å². The quantitative estimate of drug-likeness (QED) is 0.797. The van der Waals surface area contributed by atoms with E-state index in [4.69, 9.17) is 5.11 Å². The van der Waals surface area contributed by atoms with Crippen molar-refractivity contribution in [3.05, 3.63) is 29.6 Å². The van der Waals surface area contributed by atoms with E-state index in [2.05, 4.69) is 10.6 Å². The van der Waals surface area contributed by atoms with E-state index < -0.39 is 17.8 Å². The largest absolute Gasteiger partial charge is 0.478 e. The monoisotopic (exact) mass is 298 g/mol. The van der Waals surface area contributed by atoms with Crippen molar-refractivity contribution in [2.45, 2.75) is 6.42 Å². The van der Waals surface area contributed by atoms with Crippen LogP contribution in [0.3, 0.4) is 0 Å². The number of halogens is 1. The van der Waals surface area contributed by atoms with Gasteiger partial charge in [-0.3, -0.25) is 0 Å². The Bertz CT molecular complexity index is 518. The molecule has 20 heavy (non-hydrogen) atoms. The Kier molecular flexibility index (Phi) is 4.84. The first-order valence-electron chi connectivity index (χ1n) is 6.22. The van der Waals surface area contributed by atoms with Gasteiger partial charge in [-0.1, -0.05) is 6.07 Å². The van der Waals surface area contributed by atoms with Gasteiger partial charge in [-0.2, -0.15) is 11.8 Å². The van der Waals surface area contributed by atoms with Crippen molar-refractivity contribution in [3.63, 3.8) is 0 Å². The van der Waals surface area contributed by atoms with Crippen LogP contribution in [0.2, 0.25) is 0 Å². The molecule has 5 nitrogen and oxygen atoms in total. The first-order chi connectivity index (χ1) is 9.58. The third-order valence-corrected chi connectivity index (χ3v) is 4.29. The van der Waals surface area contributed by atoms with Crippen LogP contribution >= 0.6 is 11.8 Å². The van der Waals surface area contributed by atoms with E-state index in [1.165, 1.54) is 12.1 Å². The summed E-state index contributed by atoms with van der Waals surface area (Å²) in [5, 5.41) is 13.9. The van der Waals surface area contributed by atoms with Crippen molar-refractivity contribution in [2.75, 3.05) is 23.4 Å². The van der Waals surface area contributed by atoms with Crippen LogP contribution in [0.15, 0.2) is 18.2 Å². The maximum absolute atomic E-state index is 13.6. The number of amides is 2. The lowest BCUT2D eigenvalue weighted by Gasteiger charge is -2.13. The number of para-hydroxylation sites is 1. The number of urea groups is 1. The van der Waals surface area contributed by atoms with Crippen molar-refractivity contribution in [3.8, 4) is 0 Å². The van der Waals surface area contributed by atoms with E-state index in [1.54, 1.807) is 0 Å². The highest BCUT2D eigenvalue weighted by molar-refractivity contribution is 7.99. The Morgan fingerprint density at radius 3 is 2.90 bits per heavy atom. The second-order valence-corrected chi connectivity index (χ2v) is 5.68. The molecule has 108 valence electrons. The van der Waals surface area contributed by atoms with Crippen LogP contribution in [0.4, 0.5) is 14.9 Å². The normalized spacial score (nSPS) is 17.8. The number of hydrogen-bond acceptors (Lipinski definition) is 3. The third kappa shape index (κ3) is 3.63. The molecule has 3 N–H and O–H groups in total. The summed E-state index contributed by atoms with van der Waals surface area (Å²) < 4.78 is 13.6. The molecule has 1 aliphatic heterocycles. The van der Waals surface area contributed by atoms with E-state index in [0.29, 0.717) is 12.5 Å². The predicted octanol–water partition coefficient (Wildman–Crippen LogP) is 2.40. The molecule has 1 fully saturated rings. The summed E-state index contributed by atoms with van der Waals surface area (Å²) in [7, 11) is 0. The SMILES string of the molecule is O=C(NCC1CCSC1)Nc1c(F)cccc1C(=O)O. The van der Waals surface area contributed by atoms with Gasteiger partial charge in [-0.15, -0.1) is 0 Å². The van der Waals surface area contributed by atoms with Crippen LogP contribution in [0.1, 0.15) is 16.8 Å². The van der Waals surface area contributed by atoms with Crippen LogP contribution in [0.25, 0.3) is 0 Å². The Morgan fingerprint density at radius 2 is 2.25 bits per heavy atom. The fourth-order valence-corrected chi connectivity index (χ4v) is 3.25. The number of benzene rings is 1. The lowest BCUT2D eigenvalue weighted by Crippen LogP contribution is -2.33. The van der Waals surface area contributed by atoms with Gasteiger partial charge in [0.15, 0.2) is 0 Å². The highest BCUT2D eigenvalue weighted by Crippen LogP contribution is 2.23. The minimum Gasteiger partial charge on any atom is -0.478 e. The molecule has 1 unspecified atom stereocenters. The van der Waals surface area contributed by atoms with Gasteiger partial charge < -0.3 is 15.7 Å². The number of nitrogens with one attached hydrogen (secondary N) is 2. The molecule has 0 spiro atoms. The number of thioether (sulfide) groups is 1. The zero-order valence-corrected chi connectivity index (χ0v) is 11.5. The van der Waals surface area contributed by atoms with E-state index >= 15 is 0 Å². The average Bonchev–Trinajstić information content (AvgIpc) is 2.91. The second-order valence-electron chi connectivity index (χ2n) is 4.53. The predicted molar refractivity (Wildman–Crippen MR) is 75.8 cm³/mol. The number of aromatic carboxylic acids is 1. The van der Waals surface area contributed by atoms with Crippen LogP contribution < -0.4 is 10.6 Å². The van der Waals surface area contributed by atoms with Crippen LogP contribution in [0.5, 0.6) is 0 Å². The fourth-order valence-electron chi connectivity index (χ4n) is 1.97. The summed E-state index contributed by atoms with van der Waals surface area (Å²) in [5.41, 5.74) is -0.574. The summed E-state index contributed by atoms with van der Waals surface area (Å²) in [6.07, 6.45) is 1.05. The van der Waals surface area contributed by atoms with Crippen molar-refractivity contribution >= 4 is 29.4 Å². The van der Waals surface area contributed by atoms with Gasteiger partial charge in [0.25, 0.3) is 0 Å². The molecule has 1 saturated heterocycles. The molecule has 2 amide bonds. The zero-order valence-electron chi connectivity index (χ0n) is 10.7. The first-order valence-corrected chi connectivity index (χ1v) is 7.38. The lowest BCUT2D eigenvalue weighted by molar-refractivity contribution is 0.0697. The number of anilines is 1. The van der Waals surface area contributed by atoms with Gasteiger partial charge in [-0.05, 0) is 36.0 Å². The number of rotatable bonds is 4. The van der Waals surface area contributed by atoms with Gasteiger partial charge in [-0.25, -0.2) is 14.0 Å². The Morgan fingerprint density at radius 1 is 1.45 bits per heavy atom. The third-order valence-electron chi connectivity index (χ3n) is 3.06. The smallest absolute Gasteiger partial charge is 0.337 e. The second kappa shape index (κ2) is 6.60. The molecule has 1 aliphatic rings. The molecule has 1 heterocycles. The summed E-state index contributed by atoms with van der Waals surface area (Å²) in [5.74, 6) is 0.457. The number of carboxylic acids is 1. The molecule has 0 aliphatic carbocycles. The standard InChI is InChI=1S/C13H15FN2O3S/c14-10-3-1-2-9(12(17)18)11(10)16-13(19)15-6-8-4-5-20-7-8/h1-3,8H,4-7H2,(H,17,18)(H2,15,16,19). The Hall–Kier alpha value is -1.76. The number of hydrogen-bond donors (Lipinski definition) is 3. The molecule has 1 atom stereocenters. The zero-order chi connectivity index (χ0) is 14.5. The molecule has 0 radical (unpaired) electrons. The molecular formula is C13H15FN2O3S. The fraction of sp³-hybridized carbons (Fsp3) is 0.385. The molecular weight excluding hydrogens is 283 g/mol. The molecule has 2 rings (SSSR count). The van der Waals surface area contributed by atoms with E-state index in [-0.39, 0.29) is 11.3 Å². The summed E-state index contributed by atoms with van der Waals surface area (Å²) in [6, 6.07) is 3.05. The molecule has 1 aromatic rings. The molecule has 0 bridgehead atoms. The van der Waals surface area contributed by atoms with Gasteiger partial charge in [0.05, 0.1) is 11.3 Å². The maximum Gasteiger partial charge on any atom is 0.337 e. The molecule has 0 aromatic heterocycles. The number of carbonyl (C=O) groups excluding carboxylic acids is 1. The van der Waals surface area contributed by atoms with Crippen molar-refractivity contribution in [1.29, 1.82) is 0 Å². The molecule has 1 aromatic carbocycles. The summed E-state index contributed by atoms with van der Waals surface area (Å²) >= 11 is 1.84. The van der Waals surface area contributed by atoms with Crippen LogP contribution in [0, 0.1) is 11.7 Å². The minimum absolute atomic E-state index is 0.267. The van der Waals surface area contributed by atoms with Crippen LogP contribution in [-0.4, -0.2) is 35.2 Å². The van der Waals surface area contributed by atoms with Crippen molar-refractivity contribution in [2.24, 2.45) is 5.92 Å². The lowest BCUT2D eigenvalue weighted by atomic mass is 10.1. The van der Waals surface area contributed by atoms with Crippen molar-refractivity contribution in [1.82, 2.24) is 5.32 Å². The summed E-state index contributed by atoms with van der Waals surface area (Å²) in [6.45, 7) is 0.510. The summed E-state index contributed by atoms with van der Waals surface area (Å²) in [4.78, 5) is 22.7. The Labute approximate surface area is 119 Å². The van der Waals surface area contributed by atoms with Crippen molar-refractivity contribution < 1.29 is 19.1 Å². The maximum atomic E-state index is 13.6. The minimum atomic E-state index is -1.29.